The van der Waals surface area contributed by atoms with Crippen LogP contribution < -0.4 is 4.74 Å². The number of nitrogens with zero attached hydrogens (tertiary/aromatic N) is 2. The predicted molar refractivity (Wildman–Crippen MR) is 154 cm³/mol. The van der Waals surface area contributed by atoms with Gasteiger partial charge in [-0.3, -0.25) is 4.79 Å². The molecule has 0 aliphatic carbocycles. The van der Waals surface area contributed by atoms with Gasteiger partial charge in [-0.15, -0.1) is 0 Å². The van der Waals surface area contributed by atoms with Crippen LogP contribution in [-0.2, 0) is 33.0 Å². The lowest BCUT2D eigenvalue weighted by atomic mass is 10.0. The molecule has 1 aliphatic rings. The van der Waals surface area contributed by atoms with Crippen LogP contribution in [0.25, 0.3) is 10.9 Å². The van der Waals surface area contributed by atoms with E-state index < -0.39 is 28.1 Å². The zero-order valence-electron chi connectivity index (χ0n) is 23.4. The number of esters is 1. The van der Waals surface area contributed by atoms with Gasteiger partial charge in [0.25, 0.3) is 15.9 Å². The van der Waals surface area contributed by atoms with Crippen LogP contribution in [0, 0.1) is 6.92 Å². The number of hydrogen-bond acceptors (Lipinski definition) is 7. The van der Waals surface area contributed by atoms with Crippen molar-refractivity contribution in [1.29, 1.82) is 0 Å². The van der Waals surface area contributed by atoms with E-state index in [9.17, 15) is 18.0 Å². The average Bonchev–Trinajstić information content (AvgIpc) is 3.60. The van der Waals surface area contributed by atoms with E-state index in [4.69, 9.17) is 14.2 Å². The monoisotopic (exact) mass is 576 g/mol. The normalized spacial score (nSPS) is 15.2. The van der Waals surface area contributed by atoms with Crippen molar-refractivity contribution >= 4 is 32.8 Å². The van der Waals surface area contributed by atoms with Crippen LogP contribution in [0.1, 0.15) is 50.2 Å². The number of rotatable bonds is 8. The highest BCUT2D eigenvalue weighted by atomic mass is 32.2. The third-order valence-electron chi connectivity index (χ3n) is 7.41. The molecule has 2 heterocycles. The second kappa shape index (κ2) is 11.4. The van der Waals surface area contributed by atoms with Gasteiger partial charge in [-0.05, 0) is 72.9 Å². The summed E-state index contributed by atoms with van der Waals surface area (Å²) in [5.41, 5.74) is 3.86. The van der Waals surface area contributed by atoms with Crippen molar-refractivity contribution in [2.24, 2.45) is 7.05 Å². The molecule has 1 saturated heterocycles. The lowest BCUT2D eigenvalue weighted by Crippen LogP contribution is -2.44. The number of aryl methyl sites for hydroxylation is 2. The number of carbonyl (C=O) groups is 2. The largest absolute Gasteiger partial charge is 0.496 e. The van der Waals surface area contributed by atoms with E-state index in [2.05, 4.69) is 0 Å². The summed E-state index contributed by atoms with van der Waals surface area (Å²) < 4.78 is 46.7. The van der Waals surface area contributed by atoms with E-state index in [0.29, 0.717) is 42.7 Å². The second-order valence-electron chi connectivity index (χ2n) is 10.0. The van der Waals surface area contributed by atoms with Crippen LogP contribution in [0.3, 0.4) is 0 Å². The molecule has 3 aromatic carbocycles. The number of hydrogen-bond donors (Lipinski definition) is 0. The molecule has 1 aromatic heterocycles. The van der Waals surface area contributed by atoms with Gasteiger partial charge in [-0.25, -0.2) is 17.5 Å². The quantitative estimate of drug-likeness (QED) is 0.277. The van der Waals surface area contributed by atoms with Gasteiger partial charge in [-0.1, -0.05) is 24.3 Å². The molecule has 41 heavy (non-hydrogen) atoms. The highest BCUT2D eigenvalue weighted by Gasteiger charge is 2.39. The van der Waals surface area contributed by atoms with E-state index in [1.54, 1.807) is 55.5 Å². The summed E-state index contributed by atoms with van der Waals surface area (Å²) in [5.74, 6) is -0.658. The average molecular weight is 577 g/mol. The van der Waals surface area contributed by atoms with Gasteiger partial charge >= 0.3 is 5.97 Å². The zero-order chi connectivity index (χ0) is 29.3. The summed E-state index contributed by atoms with van der Waals surface area (Å²) in [6.45, 7) is 2.08. The Bertz CT molecular complexity index is 1740. The van der Waals surface area contributed by atoms with E-state index in [1.165, 1.54) is 20.3 Å². The molecule has 4 aromatic rings. The minimum absolute atomic E-state index is 0.0646. The Hall–Kier alpha value is -4.15. The standard InChI is InChI=1S/C31H32N2O7S/c1-20-8-5-6-9-28(20)41(36,37)33(29-10-7-15-40-29)30(34)22-12-11-21(27(18-22)38-3)16-24-19-32(2)26-14-13-23(17-25(24)26)31(35)39-4/h5-6,8-9,11-14,17-19,29H,7,10,15-16H2,1-4H3. The first-order valence-electron chi connectivity index (χ1n) is 13.2. The summed E-state index contributed by atoms with van der Waals surface area (Å²) >= 11 is 0. The fraction of sp³-hybridized carbons (Fsp3) is 0.290. The molecular formula is C31H32N2O7S. The van der Waals surface area contributed by atoms with Crippen LogP contribution in [0.4, 0.5) is 0 Å². The number of fused-ring (bicyclic) bond motifs is 1. The Morgan fingerprint density at radius 3 is 2.46 bits per heavy atom. The van der Waals surface area contributed by atoms with Crippen molar-refractivity contribution in [3.8, 4) is 5.75 Å². The number of ether oxygens (including phenoxy) is 3. The maximum absolute atomic E-state index is 13.9. The van der Waals surface area contributed by atoms with Gasteiger partial charge in [0.05, 0.1) is 24.7 Å². The second-order valence-corrected chi connectivity index (χ2v) is 11.8. The Morgan fingerprint density at radius 1 is 1.02 bits per heavy atom. The number of sulfonamides is 1. The number of carbonyl (C=O) groups excluding carboxylic acids is 2. The molecule has 1 fully saturated rings. The van der Waals surface area contributed by atoms with Gasteiger partial charge in [0.2, 0.25) is 0 Å². The predicted octanol–water partition coefficient (Wildman–Crippen LogP) is 4.84. The van der Waals surface area contributed by atoms with Crippen molar-refractivity contribution in [2.75, 3.05) is 20.8 Å². The summed E-state index contributed by atoms with van der Waals surface area (Å²) in [7, 11) is 0.583. The molecule has 0 spiro atoms. The van der Waals surface area contributed by atoms with Crippen LogP contribution in [0.5, 0.6) is 5.75 Å². The topological polar surface area (TPSA) is 104 Å². The highest BCUT2D eigenvalue weighted by Crippen LogP contribution is 2.32. The van der Waals surface area contributed by atoms with Crippen LogP contribution in [0.2, 0.25) is 0 Å². The SMILES string of the molecule is COC(=O)c1ccc2c(c1)c(Cc1ccc(C(=O)N(C3CCCO3)S(=O)(=O)c3ccccc3C)cc1OC)cn2C. The van der Waals surface area contributed by atoms with Gasteiger partial charge in [0, 0.05) is 42.7 Å². The molecular weight excluding hydrogens is 544 g/mol. The Morgan fingerprint density at radius 2 is 1.78 bits per heavy atom. The van der Waals surface area contributed by atoms with Crippen molar-refractivity contribution in [1.82, 2.24) is 8.87 Å². The lowest BCUT2D eigenvalue weighted by molar-refractivity contribution is 0.0245. The first kappa shape index (κ1) is 28.4. The van der Waals surface area contributed by atoms with Gasteiger partial charge in [0.15, 0.2) is 0 Å². The van der Waals surface area contributed by atoms with Crippen LogP contribution in [0.15, 0.2) is 71.8 Å². The highest BCUT2D eigenvalue weighted by molar-refractivity contribution is 7.89. The van der Waals surface area contributed by atoms with E-state index in [1.807, 2.05) is 23.9 Å². The number of benzene rings is 3. The smallest absolute Gasteiger partial charge is 0.337 e. The maximum atomic E-state index is 13.9. The molecule has 1 aliphatic heterocycles. The molecule has 1 unspecified atom stereocenters. The van der Waals surface area contributed by atoms with Crippen LogP contribution in [-0.4, -0.2) is 56.2 Å². The van der Waals surface area contributed by atoms with Crippen LogP contribution >= 0.6 is 0 Å². The van der Waals surface area contributed by atoms with Gasteiger partial charge < -0.3 is 18.8 Å². The third kappa shape index (κ3) is 5.32. The molecule has 9 nitrogen and oxygen atoms in total. The van der Waals surface area contributed by atoms with Crippen molar-refractivity contribution in [3.05, 3.63) is 94.7 Å². The summed E-state index contributed by atoms with van der Waals surface area (Å²) in [6.07, 6.45) is 2.62. The minimum atomic E-state index is -4.20. The molecule has 0 radical (unpaired) electrons. The molecule has 1 atom stereocenters. The number of methoxy groups -OCH3 is 2. The molecule has 5 rings (SSSR count). The van der Waals surface area contributed by atoms with Crippen molar-refractivity contribution < 1.29 is 32.2 Å². The van der Waals surface area contributed by atoms with E-state index in [-0.39, 0.29) is 10.5 Å². The third-order valence-corrected chi connectivity index (χ3v) is 9.34. The van der Waals surface area contributed by atoms with E-state index in [0.717, 1.165) is 26.3 Å². The Kier molecular flexibility index (Phi) is 7.88. The Balaban J connectivity index is 1.51. The van der Waals surface area contributed by atoms with Gasteiger partial charge in [-0.2, -0.15) is 0 Å². The van der Waals surface area contributed by atoms with Gasteiger partial charge in [0.1, 0.15) is 12.0 Å². The molecule has 1 amide bonds. The molecule has 0 saturated carbocycles. The first-order valence-corrected chi connectivity index (χ1v) is 14.7. The molecule has 0 N–H and O–H groups in total. The number of amides is 1. The molecule has 214 valence electrons. The molecule has 0 bridgehead atoms. The Labute approximate surface area is 239 Å². The zero-order valence-corrected chi connectivity index (χ0v) is 24.2. The van der Waals surface area contributed by atoms with E-state index >= 15 is 0 Å². The van der Waals surface area contributed by atoms with Crippen molar-refractivity contribution in [3.63, 3.8) is 0 Å². The van der Waals surface area contributed by atoms with Crippen molar-refractivity contribution in [2.45, 2.75) is 37.3 Å². The summed E-state index contributed by atoms with van der Waals surface area (Å²) in [5, 5.41) is 0.895. The minimum Gasteiger partial charge on any atom is -0.496 e. The fourth-order valence-electron chi connectivity index (χ4n) is 5.31. The first-order chi connectivity index (χ1) is 19.6. The fourth-order valence-corrected chi connectivity index (χ4v) is 7.04. The maximum Gasteiger partial charge on any atom is 0.337 e. The summed E-state index contributed by atoms with van der Waals surface area (Å²) in [6, 6.07) is 16.9. The lowest BCUT2D eigenvalue weighted by Gasteiger charge is -2.28. The number of aromatic nitrogens is 1. The molecule has 10 heteroatoms. The summed E-state index contributed by atoms with van der Waals surface area (Å²) in [4.78, 5) is 26.1.